The molecule has 1 aliphatic carbocycles. The van der Waals surface area contributed by atoms with Gasteiger partial charge in [-0.1, -0.05) is 24.3 Å². The van der Waals surface area contributed by atoms with Crippen molar-refractivity contribution in [2.45, 2.75) is 6.42 Å². The number of hydrogen-bond donors (Lipinski definition) is 0. The third-order valence-electron chi connectivity index (χ3n) is 1.16. The van der Waals surface area contributed by atoms with Crippen LogP contribution in [0.3, 0.4) is 0 Å². The van der Waals surface area contributed by atoms with Gasteiger partial charge in [-0.15, -0.1) is 0 Å². The Labute approximate surface area is 79.7 Å². The van der Waals surface area contributed by atoms with Crippen molar-refractivity contribution in [3.8, 4) is 0 Å². The fourth-order valence-corrected chi connectivity index (χ4v) is 0.670. The molecule has 1 rings (SSSR count). The number of allylic oxidation sites excluding steroid dienone is 4. The first kappa shape index (κ1) is 16.6. The summed E-state index contributed by atoms with van der Waals surface area (Å²) < 4.78 is 0. The summed E-state index contributed by atoms with van der Waals surface area (Å²) in [5, 5.41) is 0. The molecular weight excluding hydrogens is 303 g/mol. The standard InChI is InChI=1S/C7H9.2CH3.Pt/c1-2-7-5-3-4-6-7;;;/h3-7H,1-2H2;2*1H3;/q3*-1;. The van der Waals surface area contributed by atoms with Crippen molar-refractivity contribution in [1.82, 2.24) is 0 Å². The van der Waals surface area contributed by atoms with Crippen molar-refractivity contribution < 1.29 is 21.1 Å². The normalized spacial score (nSPS) is 13.3. The monoisotopic (exact) mass is 318 g/mol. The molecule has 0 radical (unpaired) electrons. The van der Waals surface area contributed by atoms with Crippen molar-refractivity contribution in [2.75, 3.05) is 0 Å². The maximum Gasteiger partial charge on any atom is 0 e. The van der Waals surface area contributed by atoms with Crippen LogP contribution in [0, 0.1) is 27.7 Å². The molecule has 0 aromatic heterocycles. The number of rotatable bonds is 1. The fraction of sp³-hybridized carbons (Fsp3) is 0.222. The Hall–Kier alpha value is 0.168. The van der Waals surface area contributed by atoms with Gasteiger partial charge in [0, 0.05) is 21.1 Å². The molecular formula is C9H15Pt-3. The molecule has 10 heavy (non-hydrogen) atoms. The summed E-state index contributed by atoms with van der Waals surface area (Å²) in [4.78, 5) is 0. The Bertz CT molecular complexity index is 91.3. The van der Waals surface area contributed by atoms with Gasteiger partial charge in [-0.05, 0) is 5.92 Å². The van der Waals surface area contributed by atoms with Crippen molar-refractivity contribution >= 4 is 0 Å². The van der Waals surface area contributed by atoms with Gasteiger partial charge >= 0.3 is 0 Å². The third-order valence-corrected chi connectivity index (χ3v) is 1.16. The maximum absolute atomic E-state index is 3.77. The van der Waals surface area contributed by atoms with Crippen molar-refractivity contribution in [2.24, 2.45) is 5.92 Å². The molecule has 0 atom stereocenters. The van der Waals surface area contributed by atoms with E-state index in [9.17, 15) is 0 Å². The molecule has 0 aromatic rings. The van der Waals surface area contributed by atoms with E-state index in [0.717, 1.165) is 6.42 Å². The second-order valence-electron chi connectivity index (χ2n) is 1.72. The molecule has 0 aliphatic heterocycles. The third kappa shape index (κ3) is 4.99. The van der Waals surface area contributed by atoms with Crippen LogP contribution in [-0.2, 0) is 21.1 Å². The van der Waals surface area contributed by atoms with Gasteiger partial charge in [0.05, 0.1) is 0 Å². The van der Waals surface area contributed by atoms with Gasteiger partial charge in [0.1, 0.15) is 0 Å². The minimum absolute atomic E-state index is 0. The van der Waals surface area contributed by atoms with Crippen molar-refractivity contribution in [1.29, 1.82) is 0 Å². The van der Waals surface area contributed by atoms with Crippen LogP contribution in [0.15, 0.2) is 24.3 Å². The van der Waals surface area contributed by atoms with E-state index in [2.05, 4.69) is 31.2 Å². The minimum atomic E-state index is 0. The van der Waals surface area contributed by atoms with E-state index in [1.807, 2.05) is 0 Å². The van der Waals surface area contributed by atoms with E-state index < -0.39 is 0 Å². The molecule has 64 valence electrons. The van der Waals surface area contributed by atoms with Crippen molar-refractivity contribution in [3.05, 3.63) is 46.1 Å². The van der Waals surface area contributed by atoms with Crippen LogP contribution < -0.4 is 0 Å². The van der Waals surface area contributed by atoms with E-state index in [4.69, 9.17) is 0 Å². The molecule has 0 saturated heterocycles. The zero-order chi connectivity index (χ0) is 5.11. The quantitative estimate of drug-likeness (QED) is 0.652. The summed E-state index contributed by atoms with van der Waals surface area (Å²) >= 11 is 0. The predicted molar refractivity (Wildman–Crippen MR) is 44.6 cm³/mol. The average Bonchev–Trinajstić information content (AvgIpc) is 2.14. The summed E-state index contributed by atoms with van der Waals surface area (Å²) in [6, 6.07) is 0. The molecule has 0 fully saturated rings. The molecule has 0 heterocycles. The van der Waals surface area contributed by atoms with Gasteiger partial charge in [-0.25, -0.2) is 0 Å². The predicted octanol–water partition coefficient (Wildman–Crippen LogP) is 2.85. The molecule has 0 unspecified atom stereocenters. The molecule has 1 heteroatoms. The molecule has 0 aromatic carbocycles. The molecule has 0 amide bonds. The van der Waals surface area contributed by atoms with Crippen LogP contribution in [0.2, 0.25) is 0 Å². The van der Waals surface area contributed by atoms with Crippen molar-refractivity contribution in [3.63, 3.8) is 0 Å². The molecule has 0 spiro atoms. The van der Waals surface area contributed by atoms with E-state index in [1.54, 1.807) is 0 Å². The Balaban J connectivity index is -0.000000163. The molecule has 0 N–H and O–H groups in total. The van der Waals surface area contributed by atoms with E-state index in [-0.39, 0.29) is 35.9 Å². The van der Waals surface area contributed by atoms with Crippen LogP contribution in [0.1, 0.15) is 6.42 Å². The van der Waals surface area contributed by atoms with Gasteiger partial charge in [-0.2, -0.15) is 6.42 Å². The molecule has 0 saturated carbocycles. The minimum Gasteiger partial charge on any atom is -0.358 e. The number of hydrogen-bond acceptors (Lipinski definition) is 0. The zero-order valence-electron chi connectivity index (χ0n) is 6.62. The first-order valence-electron chi connectivity index (χ1n) is 2.57. The van der Waals surface area contributed by atoms with Crippen LogP contribution in [-0.4, -0.2) is 0 Å². The fourth-order valence-electron chi connectivity index (χ4n) is 0.670. The summed E-state index contributed by atoms with van der Waals surface area (Å²) in [5.74, 6) is 0.625. The topological polar surface area (TPSA) is 0 Å². The Morgan fingerprint density at radius 3 is 1.70 bits per heavy atom. The first-order valence-corrected chi connectivity index (χ1v) is 2.57. The maximum atomic E-state index is 3.77. The smallest absolute Gasteiger partial charge is 0 e. The Morgan fingerprint density at radius 1 is 1.10 bits per heavy atom. The van der Waals surface area contributed by atoms with Crippen LogP contribution in [0.5, 0.6) is 0 Å². The summed E-state index contributed by atoms with van der Waals surface area (Å²) in [6.45, 7) is 3.77. The van der Waals surface area contributed by atoms with Crippen LogP contribution in [0.25, 0.3) is 0 Å². The molecule has 0 bridgehead atoms. The van der Waals surface area contributed by atoms with Gasteiger partial charge in [0.25, 0.3) is 0 Å². The van der Waals surface area contributed by atoms with E-state index in [0.29, 0.717) is 5.92 Å². The van der Waals surface area contributed by atoms with Gasteiger partial charge in [0.15, 0.2) is 0 Å². The summed E-state index contributed by atoms with van der Waals surface area (Å²) in [7, 11) is 0. The van der Waals surface area contributed by atoms with Crippen LogP contribution in [0.4, 0.5) is 0 Å². The van der Waals surface area contributed by atoms with Gasteiger partial charge in [0.2, 0.25) is 0 Å². The zero-order valence-corrected chi connectivity index (χ0v) is 8.89. The van der Waals surface area contributed by atoms with Gasteiger partial charge < -0.3 is 21.8 Å². The van der Waals surface area contributed by atoms with E-state index >= 15 is 0 Å². The average molecular weight is 318 g/mol. The second-order valence-corrected chi connectivity index (χ2v) is 1.72. The summed E-state index contributed by atoms with van der Waals surface area (Å²) in [6.07, 6.45) is 9.44. The van der Waals surface area contributed by atoms with E-state index in [1.165, 1.54) is 0 Å². The summed E-state index contributed by atoms with van der Waals surface area (Å²) in [5.41, 5.74) is 0. The molecule has 0 nitrogen and oxygen atoms in total. The Kier molecular flexibility index (Phi) is 15.3. The SMILES string of the molecule is [CH2-]CC1C=CC=C1.[CH3-].[CH3-].[Pt]. The van der Waals surface area contributed by atoms with Crippen LogP contribution >= 0.6 is 0 Å². The molecule has 1 aliphatic rings. The van der Waals surface area contributed by atoms with Gasteiger partial charge in [-0.3, -0.25) is 0 Å². The largest absolute Gasteiger partial charge is 0.358 e. The first-order chi connectivity index (χ1) is 3.43. The Morgan fingerprint density at radius 2 is 1.50 bits per heavy atom. The second kappa shape index (κ2) is 9.17.